The SMILES string of the molecule is O=C(NCc1nnc2n1CCC2)Nc1cccc(-n2cccc2)c1. The molecule has 0 atom stereocenters. The molecule has 122 valence electrons. The predicted molar refractivity (Wildman–Crippen MR) is 90.0 cm³/mol. The number of aromatic nitrogens is 4. The van der Waals surface area contributed by atoms with Gasteiger partial charge in [0.2, 0.25) is 0 Å². The molecule has 0 fully saturated rings. The Balaban J connectivity index is 1.38. The molecular weight excluding hydrogens is 304 g/mol. The van der Waals surface area contributed by atoms with Crippen LogP contribution in [0.3, 0.4) is 0 Å². The summed E-state index contributed by atoms with van der Waals surface area (Å²) < 4.78 is 4.07. The molecule has 1 aliphatic rings. The highest BCUT2D eigenvalue weighted by molar-refractivity contribution is 5.89. The summed E-state index contributed by atoms with van der Waals surface area (Å²) >= 11 is 0. The summed E-state index contributed by atoms with van der Waals surface area (Å²) in [5.74, 6) is 1.81. The number of hydrogen-bond donors (Lipinski definition) is 2. The van der Waals surface area contributed by atoms with E-state index in [9.17, 15) is 4.79 Å². The number of aryl methyl sites for hydroxylation is 1. The lowest BCUT2D eigenvalue weighted by molar-refractivity contribution is 0.251. The lowest BCUT2D eigenvalue weighted by Crippen LogP contribution is -2.29. The van der Waals surface area contributed by atoms with Gasteiger partial charge in [0.25, 0.3) is 0 Å². The van der Waals surface area contributed by atoms with Crippen molar-refractivity contribution in [3.63, 3.8) is 0 Å². The zero-order chi connectivity index (χ0) is 16.4. The van der Waals surface area contributed by atoms with Gasteiger partial charge >= 0.3 is 6.03 Å². The minimum absolute atomic E-state index is 0.255. The Bertz CT molecular complexity index is 852. The molecule has 2 amide bonds. The van der Waals surface area contributed by atoms with Crippen molar-refractivity contribution < 1.29 is 4.79 Å². The van der Waals surface area contributed by atoms with E-state index in [1.54, 1.807) is 0 Å². The van der Waals surface area contributed by atoms with Gasteiger partial charge in [0.05, 0.1) is 6.54 Å². The van der Waals surface area contributed by atoms with E-state index in [1.807, 2.05) is 53.4 Å². The monoisotopic (exact) mass is 322 g/mol. The van der Waals surface area contributed by atoms with E-state index in [4.69, 9.17) is 0 Å². The third-order valence-electron chi connectivity index (χ3n) is 4.10. The smallest absolute Gasteiger partial charge is 0.319 e. The fourth-order valence-corrected chi connectivity index (χ4v) is 2.93. The van der Waals surface area contributed by atoms with Gasteiger partial charge in [0.15, 0.2) is 5.82 Å². The van der Waals surface area contributed by atoms with Crippen molar-refractivity contribution >= 4 is 11.7 Å². The second-order valence-corrected chi connectivity index (χ2v) is 5.74. The van der Waals surface area contributed by atoms with Crippen LogP contribution in [0, 0.1) is 0 Å². The molecule has 24 heavy (non-hydrogen) atoms. The summed E-state index contributed by atoms with van der Waals surface area (Å²) in [7, 11) is 0. The molecular formula is C17H18N6O. The molecule has 7 heteroatoms. The average Bonchev–Trinajstić information content (AvgIpc) is 3.31. The van der Waals surface area contributed by atoms with Crippen molar-refractivity contribution in [3.05, 3.63) is 60.4 Å². The van der Waals surface area contributed by atoms with E-state index in [0.717, 1.165) is 42.4 Å². The number of carbonyl (C=O) groups is 1. The number of fused-ring (bicyclic) bond motifs is 1. The zero-order valence-corrected chi connectivity index (χ0v) is 13.1. The second kappa shape index (κ2) is 6.19. The maximum Gasteiger partial charge on any atom is 0.319 e. The summed E-state index contributed by atoms with van der Waals surface area (Å²) in [6.07, 6.45) is 5.98. The fraction of sp³-hybridized carbons (Fsp3) is 0.235. The van der Waals surface area contributed by atoms with Crippen molar-refractivity contribution in [1.29, 1.82) is 0 Å². The van der Waals surface area contributed by atoms with Crippen molar-refractivity contribution in [2.45, 2.75) is 25.9 Å². The molecule has 2 aromatic heterocycles. The van der Waals surface area contributed by atoms with E-state index in [0.29, 0.717) is 6.54 Å². The molecule has 2 N–H and O–H groups in total. The molecule has 1 aliphatic heterocycles. The number of benzene rings is 1. The van der Waals surface area contributed by atoms with Crippen LogP contribution in [0.25, 0.3) is 5.69 Å². The molecule has 0 unspecified atom stereocenters. The summed E-state index contributed by atoms with van der Waals surface area (Å²) in [6, 6.07) is 11.4. The lowest BCUT2D eigenvalue weighted by Gasteiger charge is -2.10. The van der Waals surface area contributed by atoms with Crippen molar-refractivity contribution in [3.8, 4) is 5.69 Å². The molecule has 3 heterocycles. The topological polar surface area (TPSA) is 76.8 Å². The van der Waals surface area contributed by atoms with Gasteiger partial charge in [0.1, 0.15) is 5.82 Å². The summed E-state index contributed by atoms with van der Waals surface area (Å²) in [5, 5.41) is 14.0. The first-order valence-electron chi connectivity index (χ1n) is 7.99. The van der Waals surface area contributed by atoms with Crippen LogP contribution < -0.4 is 10.6 Å². The minimum Gasteiger partial charge on any atom is -0.331 e. The van der Waals surface area contributed by atoms with Crippen molar-refractivity contribution in [2.75, 3.05) is 5.32 Å². The van der Waals surface area contributed by atoms with E-state index in [1.165, 1.54) is 0 Å². The molecule has 3 aromatic rings. The van der Waals surface area contributed by atoms with Crippen LogP contribution in [-0.2, 0) is 19.5 Å². The number of urea groups is 1. The van der Waals surface area contributed by atoms with Gasteiger partial charge in [-0.1, -0.05) is 6.07 Å². The van der Waals surface area contributed by atoms with Crippen LogP contribution in [0.4, 0.5) is 10.5 Å². The van der Waals surface area contributed by atoms with Gasteiger partial charge in [-0.15, -0.1) is 10.2 Å². The highest BCUT2D eigenvalue weighted by Crippen LogP contribution is 2.15. The Kier molecular flexibility index (Phi) is 3.74. The highest BCUT2D eigenvalue weighted by atomic mass is 16.2. The van der Waals surface area contributed by atoms with Gasteiger partial charge in [-0.05, 0) is 36.8 Å². The molecule has 0 spiro atoms. The van der Waals surface area contributed by atoms with E-state index < -0.39 is 0 Å². The van der Waals surface area contributed by atoms with Crippen LogP contribution in [0.15, 0.2) is 48.8 Å². The Morgan fingerprint density at radius 2 is 2.04 bits per heavy atom. The predicted octanol–water partition coefficient (Wildman–Crippen LogP) is 2.34. The first-order chi connectivity index (χ1) is 11.8. The number of rotatable bonds is 4. The number of carbonyl (C=O) groups excluding carboxylic acids is 1. The first-order valence-corrected chi connectivity index (χ1v) is 7.99. The average molecular weight is 322 g/mol. The first kappa shape index (κ1) is 14.5. The third-order valence-corrected chi connectivity index (χ3v) is 4.10. The highest BCUT2D eigenvalue weighted by Gasteiger charge is 2.17. The summed E-state index contributed by atoms with van der Waals surface area (Å²) in [6.45, 7) is 1.30. The van der Waals surface area contributed by atoms with E-state index in [-0.39, 0.29) is 6.03 Å². The number of nitrogens with zero attached hydrogens (tertiary/aromatic N) is 4. The third kappa shape index (κ3) is 2.88. The number of anilines is 1. The normalized spacial score (nSPS) is 12.8. The largest absolute Gasteiger partial charge is 0.331 e. The zero-order valence-electron chi connectivity index (χ0n) is 13.1. The molecule has 0 radical (unpaired) electrons. The Morgan fingerprint density at radius 3 is 2.92 bits per heavy atom. The maximum atomic E-state index is 12.1. The minimum atomic E-state index is -0.255. The van der Waals surface area contributed by atoms with E-state index in [2.05, 4.69) is 25.4 Å². The molecule has 0 saturated heterocycles. The van der Waals surface area contributed by atoms with E-state index >= 15 is 0 Å². The second-order valence-electron chi connectivity index (χ2n) is 5.74. The van der Waals surface area contributed by atoms with Crippen molar-refractivity contribution in [2.24, 2.45) is 0 Å². The number of amides is 2. The Morgan fingerprint density at radius 1 is 1.17 bits per heavy atom. The van der Waals surface area contributed by atoms with Gasteiger partial charge in [-0.3, -0.25) is 0 Å². The van der Waals surface area contributed by atoms with Crippen molar-refractivity contribution in [1.82, 2.24) is 24.6 Å². The molecule has 0 bridgehead atoms. The van der Waals surface area contributed by atoms with Crippen LogP contribution >= 0.6 is 0 Å². The van der Waals surface area contributed by atoms with Crippen LogP contribution in [0.5, 0.6) is 0 Å². The number of hydrogen-bond acceptors (Lipinski definition) is 3. The quantitative estimate of drug-likeness (QED) is 0.774. The number of nitrogens with one attached hydrogen (secondary N) is 2. The molecule has 7 nitrogen and oxygen atoms in total. The van der Waals surface area contributed by atoms with Crippen LogP contribution in [-0.4, -0.2) is 25.4 Å². The van der Waals surface area contributed by atoms with Gasteiger partial charge in [0, 0.05) is 36.7 Å². The standard InChI is InChI=1S/C17H18N6O/c24-17(18-12-16-21-20-15-7-4-10-23(15)16)19-13-5-3-6-14(11-13)22-8-1-2-9-22/h1-3,5-6,8-9,11H,4,7,10,12H2,(H2,18,19,24). The maximum absolute atomic E-state index is 12.1. The van der Waals surface area contributed by atoms with Crippen LogP contribution in [0.1, 0.15) is 18.1 Å². The molecule has 4 rings (SSSR count). The molecule has 0 saturated carbocycles. The Labute approximate surface area is 139 Å². The summed E-state index contributed by atoms with van der Waals surface area (Å²) in [4.78, 5) is 12.1. The van der Waals surface area contributed by atoms with Gasteiger partial charge in [-0.2, -0.15) is 0 Å². The lowest BCUT2D eigenvalue weighted by atomic mass is 10.3. The Hall–Kier alpha value is -3.09. The van der Waals surface area contributed by atoms with Gasteiger partial charge in [-0.25, -0.2) is 4.79 Å². The summed E-state index contributed by atoms with van der Waals surface area (Å²) in [5.41, 5.74) is 1.73. The fourth-order valence-electron chi connectivity index (χ4n) is 2.93. The van der Waals surface area contributed by atoms with Crippen LogP contribution in [0.2, 0.25) is 0 Å². The molecule has 1 aromatic carbocycles. The molecule has 0 aliphatic carbocycles. The van der Waals surface area contributed by atoms with Gasteiger partial charge < -0.3 is 19.8 Å².